The van der Waals surface area contributed by atoms with Crippen molar-refractivity contribution in [2.45, 2.75) is 39.7 Å². The molecule has 0 aliphatic rings. The fraction of sp³-hybridized carbons (Fsp3) is 0.333. The quantitative estimate of drug-likeness (QED) is 0.872. The smallest absolute Gasteiger partial charge is 0.0338 e. The van der Waals surface area contributed by atoms with Gasteiger partial charge in [0.25, 0.3) is 0 Å². The zero-order valence-corrected chi connectivity index (χ0v) is 12.1. The number of rotatable bonds is 4. The second kappa shape index (κ2) is 6.03. The zero-order chi connectivity index (χ0) is 13.8. The molecule has 1 atom stereocenters. The van der Waals surface area contributed by atoms with Gasteiger partial charge in [-0.25, -0.2) is 0 Å². The van der Waals surface area contributed by atoms with E-state index in [1.165, 1.54) is 27.8 Å². The standard InChI is InChI=1S/C18H23N/c1-4-15-7-5-6-8-17(15)18(19)12-16-11-13(2)9-10-14(16)3/h5-11,18H,4,12,19H2,1-3H3. The first-order chi connectivity index (χ1) is 9.11. The predicted molar refractivity (Wildman–Crippen MR) is 82.4 cm³/mol. The van der Waals surface area contributed by atoms with Gasteiger partial charge < -0.3 is 5.73 Å². The van der Waals surface area contributed by atoms with Crippen LogP contribution in [0, 0.1) is 13.8 Å². The summed E-state index contributed by atoms with van der Waals surface area (Å²) in [6, 6.07) is 15.2. The summed E-state index contributed by atoms with van der Waals surface area (Å²) in [4.78, 5) is 0. The van der Waals surface area contributed by atoms with Crippen molar-refractivity contribution < 1.29 is 0 Å². The van der Waals surface area contributed by atoms with Gasteiger partial charge in [0.15, 0.2) is 0 Å². The van der Waals surface area contributed by atoms with Crippen LogP contribution < -0.4 is 5.73 Å². The molecule has 0 heterocycles. The van der Waals surface area contributed by atoms with Gasteiger partial charge in [0.1, 0.15) is 0 Å². The highest BCUT2D eigenvalue weighted by Gasteiger charge is 2.11. The van der Waals surface area contributed by atoms with Crippen molar-refractivity contribution in [3.63, 3.8) is 0 Å². The van der Waals surface area contributed by atoms with Crippen LogP contribution in [0.3, 0.4) is 0 Å². The van der Waals surface area contributed by atoms with Crippen LogP contribution in [0.5, 0.6) is 0 Å². The Morgan fingerprint density at radius 1 is 1.00 bits per heavy atom. The van der Waals surface area contributed by atoms with E-state index in [9.17, 15) is 0 Å². The Hall–Kier alpha value is -1.60. The molecule has 2 aromatic rings. The molecule has 2 N–H and O–H groups in total. The van der Waals surface area contributed by atoms with Gasteiger partial charge in [-0.15, -0.1) is 0 Å². The third-order valence-electron chi connectivity index (χ3n) is 3.78. The Kier molecular flexibility index (Phi) is 4.39. The molecule has 0 aromatic heterocycles. The van der Waals surface area contributed by atoms with E-state index in [0.717, 1.165) is 12.8 Å². The molecule has 100 valence electrons. The third kappa shape index (κ3) is 3.24. The maximum Gasteiger partial charge on any atom is 0.0338 e. The van der Waals surface area contributed by atoms with Crippen LogP contribution in [-0.2, 0) is 12.8 Å². The van der Waals surface area contributed by atoms with Gasteiger partial charge in [-0.3, -0.25) is 0 Å². The average Bonchev–Trinajstić information content (AvgIpc) is 2.42. The maximum atomic E-state index is 6.42. The first-order valence-corrected chi connectivity index (χ1v) is 7.01. The number of hydrogen-bond acceptors (Lipinski definition) is 1. The molecule has 19 heavy (non-hydrogen) atoms. The number of nitrogens with two attached hydrogens (primary N) is 1. The normalized spacial score (nSPS) is 12.4. The summed E-state index contributed by atoms with van der Waals surface area (Å²) < 4.78 is 0. The minimum atomic E-state index is 0.0802. The fourth-order valence-electron chi connectivity index (χ4n) is 2.58. The first-order valence-electron chi connectivity index (χ1n) is 7.01. The molecule has 0 aliphatic heterocycles. The molecule has 0 radical (unpaired) electrons. The SMILES string of the molecule is CCc1ccccc1C(N)Cc1cc(C)ccc1C. The topological polar surface area (TPSA) is 26.0 Å². The van der Waals surface area contributed by atoms with E-state index in [1.807, 2.05) is 0 Å². The van der Waals surface area contributed by atoms with Gasteiger partial charge in [-0.1, -0.05) is 55.0 Å². The molecule has 2 rings (SSSR count). The van der Waals surface area contributed by atoms with Gasteiger partial charge >= 0.3 is 0 Å². The Balaban J connectivity index is 2.25. The van der Waals surface area contributed by atoms with Crippen LogP contribution >= 0.6 is 0 Å². The van der Waals surface area contributed by atoms with Crippen molar-refractivity contribution in [3.05, 3.63) is 70.3 Å². The molecule has 2 aromatic carbocycles. The first kappa shape index (κ1) is 13.8. The van der Waals surface area contributed by atoms with Gasteiger partial charge in [0.05, 0.1) is 0 Å². The van der Waals surface area contributed by atoms with Crippen molar-refractivity contribution in [1.82, 2.24) is 0 Å². The van der Waals surface area contributed by atoms with Crippen molar-refractivity contribution in [3.8, 4) is 0 Å². The van der Waals surface area contributed by atoms with Crippen molar-refractivity contribution >= 4 is 0 Å². The average molecular weight is 253 g/mol. The van der Waals surface area contributed by atoms with Crippen LogP contribution in [0.4, 0.5) is 0 Å². The summed E-state index contributed by atoms with van der Waals surface area (Å²) in [6.45, 7) is 6.48. The lowest BCUT2D eigenvalue weighted by molar-refractivity contribution is 0.709. The molecular weight excluding hydrogens is 230 g/mol. The van der Waals surface area contributed by atoms with E-state index in [4.69, 9.17) is 5.73 Å². The number of hydrogen-bond donors (Lipinski definition) is 1. The number of benzene rings is 2. The van der Waals surface area contributed by atoms with Crippen LogP contribution in [0.25, 0.3) is 0 Å². The van der Waals surface area contributed by atoms with E-state index >= 15 is 0 Å². The van der Waals surface area contributed by atoms with E-state index in [1.54, 1.807) is 0 Å². The molecule has 0 spiro atoms. The minimum Gasteiger partial charge on any atom is -0.324 e. The Morgan fingerprint density at radius 3 is 2.47 bits per heavy atom. The predicted octanol–water partition coefficient (Wildman–Crippen LogP) is 4.11. The molecule has 0 saturated carbocycles. The highest BCUT2D eigenvalue weighted by atomic mass is 14.6. The summed E-state index contributed by atoms with van der Waals surface area (Å²) in [5.41, 5.74) is 13.1. The second-order valence-electron chi connectivity index (χ2n) is 5.29. The van der Waals surface area contributed by atoms with Crippen molar-refractivity contribution in [1.29, 1.82) is 0 Å². The van der Waals surface area contributed by atoms with Crippen LogP contribution in [0.1, 0.15) is 40.8 Å². The molecule has 1 nitrogen and oxygen atoms in total. The highest BCUT2D eigenvalue weighted by Crippen LogP contribution is 2.22. The van der Waals surface area contributed by atoms with Gasteiger partial charge in [-0.05, 0) is 48.9 Å². The van der Waals surface area contributed by atoms with E-state index in [-0.39, 0.29) is 6.04 Å². The summed E-state index contributed by atoms with van der Waals surface area (Å²) in [5, 5.41) is 0. The summed E-state index contributed by atoms with van der Waals surface area (Å²) in [7, 11) is 0. The lowest BCUT2D eigenvalue weighted by Crippen LogP contribution is -2.16. The van der Waals surface area contributed by atoms with E-state index < -0.39 is 0 Å². The summed E-state index contributed by atoms with van der Waals surface area (Å²) >= 11 is 0. The Labute approximate surface area is 116 Å². The van der Waals surface area contributed by atoms with Crippen molar-refractivity contribution in [2.24, 2.45) is 5.73 Å². The minimum absolute atomic E-state index is 0.0802. The largest absolute Gasteiger partial charge is 0.324 e. The van der Waals surface area contributed by atoms with Gasteiger partial charge in [0, 0.05) is 6.04 Å². The molecule has 1 unspecified atom stereocenters. The summed E-state index contributed by atoms with van der Waals surface area (Å²) in [5.74, 6) is 0. The van der Waals surface area contributed by atoms with Crippen LogP contribution in [-0.4, -0.2) is 0 Å². The molecule has 1 heteroatoms. The second-order valence-corrected chi connectivity index (χ2v) is 5.29. The highest BCUT2D eigenvalue weighted by molar-refractivity contribution is 5.35. The van der Waals surface area contributed by atoms with E-state index in [2.05, 4.69) is 63.2 Å². The third-order valence-corrected chi connectivity index (χ3v) is 3.78. The lowest BCUT2D eigenvalue weighted by atomic mass is 9.92. The molecule has 0 saturated heterocycles. The summed E-state index contributed by atoms with van der Waals surface area (Å²) in [6.07, 6.45) is 1.95. The lowest BCUT2D eigenvalue weighted by Gasteiger charge is -2.17. The van der Waals surface area contributed by atoms with E-state index in [0.29, 0.717) is 0 Å². The molecule has 0 aliphatic carbocycles. The molecule has 0 fully saturated rings. The van der Waals surface area contributed by atoms with Crippen LogP contribution in [0.2, 0.25) is 0 Å². The van der Waals surface area contributed by atoms with Gasteiger partial charge in [0.2, 0.25) is 0 Å². The monoisotopic (exact) mass is 253 g/mol. The molecular formula is C18H23N. The maximum absolute atomic E-state index is 6.42. The Morgan fingerprint density at radius 2 is 1.74 bits per heavy atom. The molecule has 0 amide bonds. The van der Waals surface area contributed by atoms with Crippen molar-refractivity contribution in [2.75, 3.05) is 0 Å². The molecule has 0 bridgehead atoms. The van der Waals surface area contributed by atoms with Crippen LogP contribution in [0.15, 0.2) is 42.5 Å². The Bertz CT molecular complexity index is 557. The zero-order valence-electron chi connectivity index (χ0n) is 12.1. The fourth-order valence-corrected chi connectivity index (χ4v) is 2.58. The number of aryl methyl sites for hydroxylation is 3. The van der Waals surface area contributed by atoms with Gasteiger partial charge in [-0.2, -0.15) is 0 Å².